The second-order valence-corrected chi connectivity index (χ2v) is 8.08. The summed E-state index contributed by atoms with van der Waals surface area (Å²) < 4.78 is 11.3. The van der Waals surface area contributed by atoms with E-state index in [1.807, 2.05) is 6.92 Å². The largest absolute Gasteiger partial charge is 0.469 e. The maximum Gasteiger partial charge on any atom is 0.311 e. The first-order valence-corrected chi connectivity index (χ1v) is 9.09. The summed E-state index contributed by atoms with van der Waals surface area (Å²) in [5.74, 6) is 0.381. The molecule has 24 heavy (non-hydrogen) atoms. The molecular weight excluding hydrogens is 308 g/mol. The highest BCUT2D eigenvalue weighted by Gasteiger charge is 2.57. The topological polar surface area (TPSA) is 76.0 Å². The van der Waals surface area contributed by atoms with E-state index in [4.69, 9.17) is 9.47 Å². The fourth-order valence-corrected chi connectivity index (χ4v) is 5.66. The van der Waals surface area contributed by atoms with Crippen LogP contribution >= 0.6 is 0 Å². The first-order chi connectivity index (χ1) is 11.4. The summed E-state index contributed by atoms with van der Waals surface area (Å²) in [5, 5.41) is 20.6. The Morgan fingerprint density at radius 1 is 1.42 bits per heavy atom. The Kier molecular flexibility index (Phi) is 4.80. The van der Waals surface area contributed by atoms with Crippen LogP contribution < -0.4 is 0 Å². The Labute approximate surface area is 144 Å². The van der Waals surface area contributed by atoms with Gasteiger partial charge >= 0.3 is 5.97 Å². The lowest BCUT2D eigenvalue weighted by molar-refractivity contribution is -0.227. The van der Waals surface area contributed by atoms with Gasteiger partial charge in [0.15, 0.2) is 0 Å². The molecule has 0 amide bonds. The minimum absolute atomic E-state index is 0.0210. The van der Waals surface area contributed by atoms with Crippen LogP contribution in [0.5, 0.6) is 0 Å². The summed E-state index contributed by atoms with van der Waals surface area (Å²) in [5.41, 5.74) is -1.31. The molecule has 2 saturated carbocycles. The number of aliphatic hydroxyl groups is 2. The van der Waals surface area contributed by atoms with Crippen molar-refractivity contribution in [1.29, 1.82) is 0 Å². The zero-order valence-corrected chi connectivity index (χ0v) is 14.7. The van der Waals surface area contributed by atoms with Gasteiger partial charge in [0.05, 0.1) is 31.3 Å². The Hall–Kier alpha value is -0.910. The number of hydrogen-bond donors (Lipinski definition) is 2. The van der Waals surface area contributed by atoms with Crippen LogP contribution in [-0.4, -0.2) is 47.7 Å². The average molecular weight is 338 g/mol. The normalized spacial score (nSPS) is 48.1. The molecule has 1 aliphatic heterocycles. The van der Waals surface area contributed by atoms with Crippen molar-refractivity contribution in [2.45, 2.75) is 63.3 Å². The smallest absolute Gasteiger partial charge is 0.311 e. The number of ether oxygens (including phenoxy) is 2. The lowest BCUT2D eigenvalue weighted by Crippen LogP contribution is -2.60. The summed E-state index contributed by atoms with van der Waals surface area (Å²) in [6.07, 6.45) is 5.89. The van der Waals surface area contributed by atoms with E-state index in [1.165, 1.54) is 7.11 Å². The van der Waals surface area contributed by atoms with E-state index in [1.54, 1.807) is 6.08 Å². The zero-order chi connectivity index (χ0) is 17.5. The molecule has 136 valence electrons. The highest BCUT2D eigenvalue weighted by atomic mass is 16.5. The minimum Gasteiger partial charge on any atom is -0.469 e. The molecule has 2 N–H and O–H groups in total. The Bertz CT molecular complexity index is 506. The van der Waals surface area contributed by atoms with Gasteiger partial charge < -0.3 is 19.7 Å². The van der Waals surface area contributed by atoms with Gasteiger partial charge in [0.2, 0.25) is 0 Å². The molecule has 7 atom stereocenters. The van der Waals surface area contributed by atoms with E-state index in [0.29, 0.717) is 6.42 Å². The van der Waals surface area contributed by atoms with Gasteiger partial charge in [0.25, 0.3) is 0 Å². The summed E-state index contributed by atoms with van der Waals surface area (Å²) in [6, 6.07) is 0. The molecule has 0 aromatic rings. The SMILES string of the molecule is C=C[C@]1(CO)C[C@@H](O)[C@H]2[C@@H]3CCC[C@](C)(C(=O)OC)[C@H]3CC[C@@H]2O1. The molecule has 0 spiro atoms. The van der Waals surface area contributed by atoms with E-state index in [0.717, 1.165) is 32.1 Å². The third-order valence-electron chi connectivity index (χ3n) is 6.93. The van der Waals surface area contributed by atoms with Crippen LogP contribution in [0.25, 0.3) is 0 Å². The summed E-state index contributed by atoms with van der Waals surface area (Å²) in [4.78, 5) is 12.4. The van der Waals surface area contributed by atoms with Crippen LogP contribution in [0.4, 0.5) is 0 Å². The average Bonchev–Trinajstić information content (AvgIpc) is 2.60. The molecule has 3 rings (SSSR count). The lowest BCUT2D eigenvalue weighted by Gasteiger charge is -2.57. The van der Waals surface area contributed by atoms with Gasteiger partial charge in [-0.25, -0.2) is 0 Å². The third-order valence-corrected chi connectivity index (χ3v) is 6.93. The summed E-state index contributed by atoms with van der Waals surface area (Å²) >= 11 is 0. The standard InChI is InChI=1S/C19H30O5/c1-4-19(11-20)10-14(21)16-12-6-5-9-18(2,17(22)23-3)13(12)7-8-15(16)24-19/h4,12-16,20-21H,1,5-11H2,2-3H3/t12-,13+,14-,15+,16-,18+,19-/m1/s1. The molecular formula is C19H30O5. The number of carbonyl (C=O) groups is 1. The van der Waals surface area contributed by atoms with Gasteiger partial charge in [-0.05, 0) is 44.4 Å². The summed E-state index contributed by atoms with van der Waals surface area (Å²) in [7, 11) is 1.46. The van der Waals surface area contributed by atoms with Crippen LogP contribution in [0, 0.1) is 23.2 Å². The van der Waals surface area contributed by atoms with Gasteiger partial charge in [-0.15, -0.1) is 6.58 Å². The molecule has 3 fully saturated rings. The van der Waals surface area contributed by atoms with Crippen molar-refractivity contribution < 1.29 is 24.5 Å². The van der Waals surface area contributed by atoms with Crippen molar-refractivity contribution in [2.24, 2.45) is 23.2 Å². The molecule has 0 aromatic carbocycles. The quantitative estimate of drug-likeness (QED) is 0.608. The fraction of sp³-hybridized carbons (Fsp3) is 0.842. The predicted molar refractivity (Wildman–Crippen MR) is 89.2 cm³/mol. The molecule has 0 radical (unpaired) electrons. The van der Waals surface area contributed by atoms with Crippen molar-refractivity contribution in [3.8, 4) is 0 Å². The van der Waals surface area contributed by atoms with Crippen molar-refractivity contribution in [1.82, 2.24) is 0 Å². The Morgan fingerprint density at radius 2 is 2.17 bits per heavy atom. The van der Waals surface area contributed by atoms with Gasteiger partial charge in [-0.1, -0.05) is 12.5 Å². The molecule has 3 aliphatic rings. The molecule has 1 saturated heterocycles. The number of rotatable bonds is 3. The van der Waals surface area contributed by atoms with Gasteiger partial charge in [0.1, 0.15) is 5.60 Å². The maximum atomic E-state index is 12.4. The third kappa shape index (κ3) is 2.61. The van der Waals surface area contributed by atoms with Crippen molar-refractivity contribution in [3.63, 3.8) is 0 Å². The number of esters is 1. The second-order valence-electron chi connectivity index (χ2n) is 8.08. The number of hydrogen-bond acceptors (Lipinski definition) is 5. The molecule has 0 unspecified atom stereocenters. The number of fused-ring (bicyclic) bond motifs is 3. The van der Waals surface area contributed by atoms with E-state index in [9.17, 15) is 15.0 Å². The monoisotopic (exact) mass is 338 g/mol. The van der Waals surface area contributed by atoms with Crippen LogP contribution in [0.15, 0.2) is 12.7 Å². The van der Waals surface area contributed by atoms with Crippen molar-refractivity contribution in [3.05, 3.63) is 12.7 Å². The maximum absolute atomic E-state index is 12.4. The summed E-state index contributed by atoms with van der Waals surface area (Å²) in [6.45, 7) is 5.64. The van der Waals surface area contributed by atoms with E-state index in [2.05, 4.69) is 6.58 Å². The first-order valence-electron chi connectivity index (χ1n) is 9.09. The van der Waals surface area contributed by atoms with Crippen LogP contribution in [0.3, 0.4) is 0 Å². The van der Waals surface area contributed by atoms with Crippen LogP contribution in [0.2, 0.25) is 0 Å². The predicted octanol–water partition coefficient (Wildman–Crippen LogP) is 2.06. The Morgan fingerprint density at radius 3 is 2.79 bits per heavy atom. The molecule has 0 aromatic heterocycles. The van der Waals surface area contributed by atoms with Crippen molar-refractivity contribution >= 4 is 5.97 Å². The fourth-order valence-electron chi connectivity index (χ4n) is 5.66. The minimum atomic E-state index is -0.840. The number of carbonyl (C=O) groups excluding carboxylic acids is 1. The van der Waals surface area contributed by atoms with Crippen LogP contribution in [0.1, 0.15) is 45.4 Å². The van der Waals surface area contributed by atoms with E-state index >= 15 is 0 Å². The Balaban J connectivity index is 1.87. The zero-order valence-electron chi connectivity index (χ0n) is 14.7. The molecule has 0 bridgehead atoms. The second kappa shape index (κ2) is 6.43. The molecule has 2 aliphatic carbocycles. The van der Waals surface area contributed by atoms with E-state index < -0.39 is 17.1 Å². The van der Waals surface area contributed by atoms with Gasteiger partial charge in [-0.3, -0.25) is 4.79 Å². The lowest BCUT2D eigenvalue weighted by atomic mass is 9.53. The first kappa shape index (κ1) is 17.9. The van der Waals surface area contributed by atoms with Gasteiger partial charge in [-0.2, -0.15) is 0 Å². The number of aliphatic hydroxyl groups excluding tert-OH is 2. The molecule has 5 nitrogen and oxygen atoms in total. The van der Waals surface area contributed by atoms with Crippen LogP contribution in [-0.2, 0) is 14.3 Å². The highest BCUT2D eigenvalue weighted by molar-refractivity contribution is 5.77. The van der Waals surface area contributed by atoms with Gasteiger partial charge in [0, 0.05) is 12.3 Å². The molecule has 5 heteroatoms. The van der Waals surface area contributed by atoms with E-state index in [-0.39, 0.29) is 36.4 Å². The highest BCUT2D eigenvalue weighted by Crippen LogP contribution is 2.56. The number of methoxy groups -OCH3 is 1. The van der Waals surface area contributed by atoms with Crippen molar-refractivity contribution in [2.75, 3.05) is 13.7 Å². The molecule has 1 heterocycles.